The molecule has 4 nitrogen and oxygen atoms in total. The molecule has 1 aromatic rings. The molecule has 0 fully saturated rings. The molecule has 1 rings (SSSR count). The zero-order valence-corrected chi connectivity index (χ0v) is 12.2. The fourth-order valence-electron chi connectivity index (χ4n) is 1.64. The van der Waals surface area contributed by atoms with Crippen LogP contribution in [0.15, 0.2) is 0 Å². The van der Waals surface area contributed by atoms with E-state index in [0.29, 0.717) is 23.9 Å². The minimum absolute atomic E-state index is 0.246. The summed E-state index contributed by atoms with van der Waals surface area (Å²) in [5.41, 5.74) is 6.37. The van der Waals surface area contributed by atoms with Gasteiger partial charge in [-0.15, -0.1) is 11.3 Å². The van der Waals surface area contributed by atoms with Gasteiger partial charge in [0.25, 0.3) is 0 Å². The van der Waals surface area contributed by atoms with Crippen LogP contribution in [-0.2, 0) is 17.6 Å². The number of aryl methyl sites for hydroxylation is 1. The molecule has 0 saturated carbocycles. The van der Waals surface area contributed by atoms with Crippen molar-refractivity contribution >= 4 is 17.3 Å². The van der Waals surface area contributed by atoms with Crippen LogP contribution in [-0.4, -0.2) is 24.1 Å². The second-order valence-corrected chi connectivity index (χ2v) is 5.68. The molecule has 0 bridgehead atoms. The third-order valence-corrected chi connectivity index (χ3v) is 3.54. The molecule has 1 heterocycles. The van der Waals surface area contributed by atoms with Gasteiger partial charge in [0.05, 0.1) is 17.3 Å². The summed E-state index contributed by atoms with van der Waals surface area (Å²) in [4.78, 5) is 17.1. The normalized spacial score (nSPS) is 10.9. The first kappa shape index (κ1) is 15.1. The number of carbonyl (C=O) groups excluding carboxylic acids is 1. The van der Waals surface area contributed by atoms with E-state index in [4.69, 9.17) is 10.5 Å². The molecule has 102 valence electrons. The molecule has 0 aliphatic carbocycles. The van der Waals surface area contributed by atoms with Crippen molar-refractivity contribution in [2.75, 3.05) is 13.2 Å². The van der Waals surface area contributed by atoms with Gasteiger partial charge in [-0.25, -0.2) is 9.78 Å². The number of rotatable bonds is 7. The van der Waals surface area contributed by atoms with Gasteiger partial charge in [0.15, 0.2) is 0 Å². The Hall–Kier alpha value is -0.940. The molecule has 0 amide bonds. The predicted octanol–water partition coefficient (Wildman–Crippen LogP) is 2.41. The molecule has 18 heavy (non-hydrogen) atoms. The standard InChI is InChI=1S/C13H22N2O2S/c1-4-17-13(16)12-10(8-9(2)3)15-11(18-12)6-5-7-14/h9H,4-8,14H2,1-3H3. The van der Waals surface area contributed by atoms with Crippen LogP contribution in [0.1, 0.15) is 47.6 Å². The molecule has 0 aromatic carbocycles. The van der Waals surface area contributed by atoms with E-state index in [1.807, 2.05) is 6.92 Å². The number of esters is 1. The maximum atomic E-state index is 11.9. The van der Waals surface area contributed by atoms with Crippen LogP contribution in [0.5, 0.6) is 0 Å². The first-order valence-electron chi connectivity index (χ1n) is 6.44. The molecule has 0 saturated heterocycles. The predicted molar refractivity (Wildman–Crippen MR) is 74.0 cm³/mol. The van der Waals surface area contributed by atoms with Gasteiger partial charge in [0, 0.05) is 6.42 Å². The molecule has 0 unspecified atom stereocenters. The summed E-state index contributed by atoms with van der Waals surface area (Å²) >= 11 is 1.45. The van der Waals surface area contributed by atoms with Gasteiger partial charge in [-0.05, 0) is 32.2 Å². The van der Waals surface area contributed by atoms with Crippen LogP contribution >= 0.6 is 11.3 Å². The lowest BCUT2D eigenvalue weighted by atomic mass is 10.1. The quantitative estimate of drug-likeness (QED) is 0.773. The van der Waals surface area contributed by atoms with Crippen LogP contribution in [0.4, 0.5) is 0 Å². The van der Waals surface area contributed by atoms with Crippen LogP contribution in [0.3, 0.4) is 0 Å². The van der Waals surface area contributed by atoms with E-state index in [9.17, 15) is 4.79 Å². The van der Waals surface area contributed by atoms with Gasteiger partial charge < -0.3 is 10.5 Å². The van der Waals surface area contributed by atoms with Crippen molar-refractivity contribution in [1.82, 2.24) is 4.98 Å². The van der Waals surface area contributed by atoms with E-state index in [-0.39, 0.29) is 5.97 Å². The Balaban J connectivity index is 2.89. The zero-order valence-electron chi connectivity index (χ0n) is 11.4. The molecule has 1 aromatic heterocycles. The second kappa shape index (κ2) is 7.48. The van der Waals surface area contributed by atoms with Crippen molar-refractivity contribution in [1.29, 1.82) is 0 Å². The third-order valence-electron chi connectivity index (χ3n) is 2.40. The number of hydrogen-bond acceptors (Lipinski definition) is 5. The molecule has 0 spiro atoms. The van der Waals surface area contributed by atoms with Gasteiger partial charge in [0.1, 0.15) is 4.88 Å². The smallest absolute Gasteiger partial charge is 0.350 e. The molecular formula is C13H22N2O2S. The lowest BCUT2D eigenvalue weighted by Crippen LogP contribution is -2.07. The Bertz CT molecular complexity index is 388. The van der Waals surface area contributed by atoms with Gasteiger partial charge in [0.2, 0.25) is 0 Å². The summed E-state index contributed by atoms with van der Waals surface area (Å²) in [5.74, 6) is 0.229. The molecule has 0 radical (unpaired) electrons. The van der Waals surface area contributed by atoms with Crippen LogP contribution in [0, 0.1) is 5.92 Å². The van der Waals surface area contributed by atoms with Gasteiger partial charge in [-0.1, -0.05) is 13.8 Å². The number of nitrogens with zero attached hydrogens (tertiary/aromatic N) is 1. The molecule has 0 atom stereocenters. The highest BCUT2D eigenvalue weighted by Gasteiger charge is 2.19. The fourth-order valence-corrected chi connectivity index (χ4v) is 2.67. The fraction of sp³-hybridized carbons (Fsp3) is 0.692. The Kier molecular flexibility index (Phi) is 6.29. The lowest BCUT2D eigenvalue weighted by molar-refractivity contribution is 0.0530. The summed E-state index contributed by atoms with van der Waals surface area (Å²) < 4.78 is 5.07. The molecule has 5 heteroatoms. The van der Waals surface area contributed by atoms with E-state index in [1.54, 1.807) is 0 Å². The van der Waals surface area contributed by atoms with Crippen molar-refractivity contribution < 1.29 is 9.53 Å². The lowest BCUT2D eigenvalue weighted by Gasteiger charge is -2.04. The number of hydrogen-bond donors (Lipinski definition) is 1. The SMILES string of the molecule is CCOC(=O)c1sc(CCCN)nc1CC(C)C. The summed E-state index contributed by atoms with van der Waals surface area (Å²) in [7, 11) is 0. The third kappa shape index (κ3) is 4.38. The van der Waals surface area contributed by atoms with Crippen LogP contribution in [0.25, 0.3) is 0 Å². The van der Waals surface area contributed by atoms with Crippen LogP contribution in [0.2, 0.25) is 0 Å². The topological polar surface area (TPSA) is 65.2 Å². The highest BCUT2D eigenvalue weighted by atomic mass is 32.1. The number of ether oxygens (including phenoxy) is 1. The van der Waals surface area contributed by atoms with E-state index in [0.717, 1.165) is 30.0 Å². The monoisotopic (exact) mass is 270 g/mol. The summed E-state index contributed by atoms with van der Waals surface area (Å²) in [6.07, 6.45) is 2.55. The second-order valence-electron chi connectivity index (χ2n) is 4.59. The van der Waals surface area contributed by atoms with E-state index in [2.05, 4.69) is 18.8 Å². The Morgan fingerprint density at radius 3 is 2.78 bits per heavy atom. The minimum Gasteiger partial charge on any atom is -0.462 e. The Labute approximate surface area is 113 Å². The highest BCUT2D eigenvalue weighted by Crippen LogP contribution is 2.23. The van der Waals surface area contributed by atoms with Crippen molar-refractivity contribution in [2.24, 2.45) is 11.7 Å². The van der Waals surface area contributed by atoms with E-state index in [1.165, 1.54) is 11.3 Å². The largest absolute Gasteiger partial charge is 0.462 e. The van der Waals surface area contributed by atoms with Crippen molar-refractivity contribution in [3.05, 3.63) is 15.6 Å². The first-order valence-corrected chi connectivity index (χ1v) is 7.25. The molecule has 2 N–H and O–H groups in total. The van der Waals surface area contributed by atoms with Crippen molar-refractivity contribution in [2.45, 2.75) is 40.0 Å². The summed E-state index contributed by atoms with van der Waals surface area (Å²) in [6.45, 7) is 7.10. The van der Waals surface area contributed by atoms with E-state index < -0.39 is 0 Å². The number of aromatic nitrogens is 1. The number of carbonyl (C=O) groups is 1. The summed E-state index contributed by atoms with van der Waals surface area (Å²) in [5, 5.41) is 0.985. The van der Waals surface area contributed by atoms with Gasteiger partial charge in [-0.2, -0.15) is 0 Å². The first-order chi connectivity index (χ1) is 8.58. The maximum Gasteiger partial charge on any atom is 0.350 e. The average Bonchev–Trinajstić information content (AvgIpc) is 2.69. The van der Waals surface area contributed by atoms with Crippen LogP contribution < -0.4 is 5.73 Å². The average molecular weight is 270 g/mol. The zero-order chi connectivity index (χ0) is 13.5. The number of thiazole rings is 1. The Morgan fingerprint density at radius 2 is 2.22 bits per heavy atom. The Morgan fingerprint density at radius 1 is 1.50 bits per heavy atom. The molecular weight excluding hydrogens is 248 g/mol. The molecule has 0 aliphatic heterocycles. The highest BCUT2D eigenvalue weighted by molar-refractivity contribution is 7.13. The minimum atomic E-state index is -0.246. The summed E-state index contributed by atoms with van der Waals surface area (Å²) in [6, 6.07) is 0. The van der Waals surface area contributed by atoms with E-state index >= 15 is 0 Å². The molecule has 0 aliphatic rings. The van der Waals surface area contributed by atoms with Crippen molar-refractivity contribution in [3.63, 3.8) is 0 Å². The number of nitrogens with two attached hydrogens (primary N) is 1. The van der Waals surface area contributed by atoms with Crippen molar-refractivity contribution in [3.8, 4) is 0 Å². The van der Waals surface area contributed by atoms with Gasteiger partial charge >= 0.3 is 5.97 Å². The maximum absolute atomic E-state index is 11.9. The van der Waals surface area contributed by atoms with Gasteiger partial charge in [-0.3, -0.25) is 0 Å².